The van der Waals surface area contributed by atoms with E-state index in [1.165, 1.54) is 0 Å². The van der Waals surface area contributed by atoms with Crippen LogP contribution in [0, 0.1) is 4.78 Å². The number of carboxylic acid groups (broad SMARTS) is 2. The molecule has 0 amide bonds. The Hall–Kier alpha value is -0.710. The van der Waals surface area contributed by atoms with Gasteiger partial charge in [-0.25, -0.2) is 9.57 Å². The molecule has 0 bridgehead atoms. The van der Waals surface area contributed by atoms with E-state index < -0.39 is 6.16 Å². The first kappa shape index (κ1) is 8.99. The van der Waals surface area contributed by atoms with Crippen LogP contribution in [0.5, 0.6) is 0 Å². The highest BCUT2D eigenvalue weighted by Crippen LogP contribution is 1.42. The van der Waals surface area contributed by atoms with Gasteiger partial charge in [-0.05, 0) is 0 Å². The Labute approximate surface area is 39.4 Å². The minimum atomic E-state index is -1.83. The minimum absolute atomic E-state index is 1.83. The fourth-order valence-electron chi connectivity index (χ4n) is 0. The van der Waals surface area contributed by atoms with Crippen molar-refractivity contribution in [2.75, 3.05) is 0 Å². The smallest absolute Gasteiger partial charge is 0.450 e. The van der Waals surface area contributed by atoms with Crippen LogP contribution in [-0.2, 0) is 12.4 Å². The quantitative estimate of drug-likeness (QED) is 0.423. The Kier molecular flexibility index (Phi) is 13.3. The maximum atomic E-state index is 8.56. The molecule has 0 aromatic heterocycles. The van der Waals surface area contributed by atoms with Crippen molar-refractivity contribution < 1.29 is 15.0 Å². The van der Waals surface area contributed by atoms with Crippen LogP contribution >= 0.6 is 0 Å². The molecule has 4 nitrogen and oxygen atoms in total. The molecule has 0 aromatic carbocycles. The molecule has 0 aliphatic rings. The summed E-state index contributed by atoms with van der Waals surface area (Å²) in [6.07, 6.45) is -1.83. The van der Waals surface area contributed by atoms with Crippen LogP contribution in [0.2, 0.25) is 0 Å². The maximum absolute atomic E-state index is 8.56. The lowest BCUT2D eigenvalue weighted by atomic mass is 11.5. The molecule has 0 heterocycles. The summed E-state index contributed by atoms with van der Waals surface area (Å²) in [4.78, 5) is 8.56. The zero-order chi connectivity index (χ0) is 5.58. The van der Waals surface area contributed by atoms with E-state index in [0.717, 1.165) is 0 Å². The Balaban J connectivity index is 0. The molecule has 0 aliphatic heterocycles. The molecule has 5 heteroatoms. The third-order valence-electron chi connectivity index (χ3n) is 0. The summed E-state index contributed by atoms with van der Waals surface area (Å²) in [5, 5.41) is 13.9. The predicted molar refractivity (Wildman–Crippen MR) is 20.7 cm³/mol. The SMILES string of the molecule is N=S.O=C(O)O. The van der Waals surface area contributed by atoms with Crippen LogP contribution in [0.1, 0.15) is 0 Å². The molecular weight excluding hydrogens is 106 g/mol. The summed E-state index contributed by atoms with van der Waals surface area (Å²) in [6.45, 7) is 0. The second kappa shape index (κ2) is 8.85. The lowest BCUT2D eigenvalue weighted by Crippen LogP contribution is -1.81. The van der Waals surface area contributed by atoms with E-state index in [2.05, 4.69) is 12.4 Å². The van der Waals surface area contributed by atoms with Crippen LogP contribution < -0.4 is 0 Å². The van der Waals surface area contributed by atoms with Crippen LogP contribution in [0.3, 0.4) is 0 Å². The molecule has 0 spiro atoms. The minimum Gasteiger partial charge on any atom is -0.450 e. The van der Waals surface area contributed by atoms with Crippen molar-refractivity contribution in [3.8, 4) is 0 Å². The van der Waals surface area contributed by atoms with Crippen LogP contribution in [0.15, 0.2) is 0 Å². The van der Waals surface area contributed by atoms with E-state index in [4.69, 9.17) is 19.8 Å². The second-order valence-corrected chi connectivity index (χ2v) is 0.283. The molecule has 0 aliphatic carbocycles. The Morgan fingerprint density at radius 3 is 1.50 bits per heavy atom. The van der Waals surface area contributed by atoms with Gasteiger partial charge in [-0.2, -0.15) is 0 Å². The molecule has 0 atom stereocenters. The molecule has 0 saturated carbocycles. The van der Waals surface area contributed by atoms with Gasteiger partial charge in [-0.15, -0.1) is 0 Å². The zero-order valence-corrected chi connectivity index (χ0v) is 3.53. The van der Waals surface area contributed by atoms with Gasteiger partial charge in [0.05, 0.1) is 0 Å². The van der Waals surface area contributed by atoms with Gasteiger partial charge in [-0.3, -0.25) is 0 Å². The van der Waals surface area contributed by atoms with Crippen molar-refractivity contribution in [3.05, 3.63) is 0 Å². The molecule has 0 radical (unpaired) electrons. The monoisotopic (exact) mass is 109 g/mol. The Bertz CT molecular complexity index is 42.1. The van der Waals surface area contributed by atoms with Crippen molar-refractivity contribution in [2.45, 2.75) is 0 Å². The topological polar surface area (TPSA) is 81.4 Å². The Morgan fingerprint density at radius 1 is 1.50 bits per heavy atom. The first-order valence-electron chi connectivity index (χ1n) is 0.855. The number of carbonyl (C=O) groups is 1. The highest BCUT2D eigenvalue weighted by Gasteiger charge is 1.70. The number of rotatable bonds is 0. The fraction of sp³-hybridized carbons (Fsp3) is 0. The summed E-state index contributed by atoms with van der Waals surface area (Å²) < 4.78 is 5.33. The maximum Gasteiger partial charge on any atom is 0.503 e. The third-order valence-corrected chi connectivity index (χ3v) is 0. The highest BCUT2D eigenvalue weighted by atomic mass is 32.1. The second-order valence-electron chi connectivity index (χ2n) is 0.283. The van der Waals surface area contributed by atoms with Crippen molar-refractivity contribution in [1.29, 1.82) is 4.78 Å². The molecule has 3 N–H and O–H groups in total. The van der Waals surface area contributed by atoms with Crippen molar-refractivity contribution in [1.82, 2.24) is 0 Å². The van der Waals surface area contributed by atoms with Gasteiger partial charge in [0, 0.05) is 12.4 Å². The van der Waals surface area contributed by atoms with Gasteiger partial charge in [0.1, 0.15) is 0 Å². The summed E-state index contributed by atoms with van der Waals surface area (Å²) in [6, 6.07) is 0. The summed E-state index contributed by atoms with van der Waals surface area (Å²) in [5.41, 5.74) is 0. The molecule has 36 valence electrons. The van der Waals surface area contributed by atoms with E-state index in [1.807, 2.05) is 0 Å². The summed E-state index contributed by atoms with van der Waals surface area (Å²) in [5.74, 6) is 0. The number of nitrogens with one attached hydrogen (secondary N) is 1. The first-order valence-corrected chi connectivity index (χ1v) is 1.26. The normalized spacial score (nSPS) is 4.67. The van der Waals surface area contributed by atoms with Crippen molar-refractivity contribution >= 4 is 18.6 Å². The van der Waals surface area contributed by atoms with Gasteiger partial charge in [0.2, 0.25) is 0 Å². The molecule has 0 rings (SSSR count). The van der Waals surface area contributed by atoms with Crippen LogP contribution in [0.25, 0.3) is 0 Å². The first-order chi connectivity index (χ1) is 2.73. The average Bonchev–Trinajstić information content (AvgIpc) is 1.41. The molecule has 0 saturated heterocycles. The Morgan fingerprint density at radius 2 is 1.50 bits per heavy atom. The molecule has 6 heavy (non-hydrogen) atoms. The average molecular weight is 109 g/mol. The van der Waals surface area contributed by atoms with E-state index >= 15 is 0 Å². The van der Waals surface area contributed by atoms with Gasteiger partial charge in [0.25, 0.3) is 0 Å². The van der Waals surface area contributed by atoms with Gasteiger partial charge in [0.15, 0.2) is 0 Å². The van der Waals surface area contributed by atoms with Crippen molar-refractivity contribution in [2.24, 2.45) is 0 Å². The summed E-state index contributed by atoms with van der Waals surface area (Å²) >= 11 is 3.33. The van der Waals surface area contributed by atoms with Crippen LogP contribution in [-0.4, -0.2) is 16.4 Å². The van der Waals surface area contributed by atoms with Crippen molar-refractivity contribution in [3.63, 3.8) is 0 Å². The lowest BCUT2D eigenvalue weighted by Gasteiger charge is -1.60. The highest BCUT2D eigenvalue weighted by molar-refractivity contribution is 7.45. The van der Waals surface area contributed by atoms with Gasteiger partial charge in [-0.1, -0.05) is 0 Å². The fourth-order valence-corrected chi connectivity index (χ4v) is 0. The number of hydrogen-bond donors (Lipinski definition) is 3. The van der Waals surface area contributed by atoms with Gasteiger partial charge >= 0.3 is 6.16 Å². The molecule has 0 aromatic rings. The molecule has 0 fully saturated rings. The zero-order valence-electron chi connectivity index (χ0n) is 2.71. The third kappa shape index (κ3) is 34.2. The molecular formula is CH3NO3S. The largest absolute Gasteiger partial charge is 0.503 e. The van der Waals surface area contributed by atoms with E-state index in [1.54, 1.807) is 0 Å². The van der Waals surface area contributed by atoms with Crippen LogP contribution in [0.4, 0.5) is 4.79 Å². The number of hydrogen-bond acceptors (Lipinski definition) is 3. The standard InChI is InChI=1S/CH2O3.HNS/c2-1(3)4;1-2/h(H2,2,3,4);1H. The van der Waals surface area contributed by atoms with E-state index in [9.17, 15) is 0 Å². The molecule has 0 unspecified atom stereocenters. The summed E-state index contributed by atoms with van der Waals surface area (Å²) in [7, 11) is 0. The lowest BCUT2D eigenvalue weighted by molar-refractivity contribution is 0.137. The van der Waals surface area contributed by atoms with Gasteiger partial charge < -0.3 is 10.2 Å². The predicted octanol–water partition coefficient (Wildman–Crippen LogP) is 0.518. The van der Waals surface area contributed by atoms with E-state index in [-0.39, 0.29) is 0 Å². The van der Waals surface area contributed by atoms with E-state index in [0.29, 0.717) is 0 Å².